The number of halogens is 2. The molecule has 7 amide bonds. The number of aliphatic hydroxyl groups excluding tert-OH is 1. The highest BCUT2D eigenvalue weighted by molar-refractivity contribution is 6.32. The molecule has 16 N–H and O–H groups in total. The number of phenols is 6. The first-order valence-electron chi connectivity index (χ1n) is 29.3. The van der Waals surface area contributed by atoms with Crippen LogP contribution in [0.3, 0.4) is 0 Å². The first-order chi connectivity index (χ1) is 44.5. The summed E-state index contributed by atoms with van der Waals surface area (Å²) in [6.45, 7) is 2.09. The Bertz CT molecular complexity index is 4320. The molecule has 9 heterocycles. The molecule has 1 unspecified atom stereocenters. The summed E-state index contributed by atoms with van der Waals surface area (Å²) in [6, 6.07) is 9.27. The Kier molecular flexibility index (Phi) is 16.0. The Morgan fingerprint density at radius 2 is 1.14 bits per heavy atom. The van der Waals surface area contributed by atoms with E-state index in [2.05, 4.69) is 42.1 Å². The van der Waals surface area contributed by atoms with Gasteiger partial charge in [-0.15, -0.1) is 0 Å². The maximum Gasteiger partial charge on any atom is 0.248 e. The number of ether oxygens (including phenoxy) is 3. The minimum absolute atomic E-state index is 0.0560. The molecule has 0 aliphatic carbocycles. The van der Waals surface area contributed by atoms with Crippen molar-refractivity contribution in [1.29, 1.82) is 0 Å². The number of carbonyl (C=O) groups excluding carboxylic acids is 7. The number of phenolic OH excluding ortho intramolecular Hbond substituents is 6. The second-order valence-corrected chi connectivity index (χ2v) is 24.3. The van der Waals surface area contributed by atoms with Gasteiger partial charge in [-0.05, 0) is 150 Å². The van der Waals surface area contributed by atoms with Gasteiger partial charge in [-0.1, -0.05) is 47.5 Å². The lowest BCUT2D eigenvalue weighted by Crippen LogP contribution is -2.59. The third kappa shape index (κ3) is 12.0. The molecule has 3 saturated heterocycles. The highest BCUT2D eigenvalue weighted by atomic mass is 35.5. The Morgan fingerprint density at radius 1 is 0.538 bits per heavy atom. The Morgan fingerprint density at radius 3 is 1.82 bits per heavy atom. The predicted octanol–water partition coefficient (Wildman–Crippen LogP) is 5.11. The molecule has 0 radical (unpaired) electrons. The number of hydrogen-bond donors (Lipinski definition) is 15. The largest absolute Gasteiger partial charge is 0.508 e. The number of nitrogens with two attached hydrogens (primary N) is 1. The van der Waals surface area contributed by atoms with E-state index in [0.29, 0.717) is 12.1 Å². The van der Waals surface area contributed by atoms with Gasteiger partial charge in [0.15, 0.2) is 23.0 Å². The van der Waals surface area contributed by atoms with Crippen LogP contribution >= 0.6 is 23.2 Å². The average molecular weight is 1310 g/mol. The van der Waals surface area contributed by atoms with Gasteiger partial charge in [-0.25, -0.2) is 0 Å². The van der Waals surface area contributed by atoms with E-state index in [9.17, 15) is 50.1 Å². The molecule has 93 heavy (non-hydrogen) atoms. The number of amides is 7. The molecule has 16 rings (SSSR count). The number of carbonyl (C=O) groups is 7. The molecule has 26 nitrogen and oxygen atoms in total. The minimum Gasteiger partial charge on any atom is -0.508 e. The van der Waals surface area contributed by atoms with E-state index in [1.165, 1.54) is 72.8 Å². The molecule has 9 atom stereocenters. The Balaban J connectivity index is 0.999. The summed E-state index contributed by atoms with van der Waals surface area (Å²) in [7, 11) is 0. The van der Waals surface area contributed by atoms with Crippen LogP contribution in [0.5, 0.6) is 69.0 Å². The molecular formula is C65H57Cl2N9O17. The maximum absolute atomic E-state index is 15.9. The highest BCUT2D eigenvalue weighted by Crippen LogP contribution is 2.48. The second-order valence-electron chi connectivity index (χ2n) is 23.5. The molecule has 478 valence electrons. The van der Waals surface area contributed by atoms with Gasteiger partial charge in [0.25, 0.3) is 0 Å². The Labute approximate surface area is 537 Å². The molecule has 3 fully saturated rings. The van der Waals surface area contributed by atoms with Gasteiger partial charge in [-0.2, -0.15) is 0 Å². The third-order valence-electron chi connectivity index (χ3n) is 17.4. The standard InChI is InChI=1S/C65H57Cl2N9O17/c66-38-13-26-1-7-45(38)92-48-20-32-21-49(58(48)83)93-46-8-4-30(18-39(46)67)57(82)56-65(90)74-55(64(89)70-41-25-76-11-9-27(41)10-12-76)37-23-34(78)24-44(81)50(37)36-17-29(3-5-42(36)79)52(61(86)75-56)72-63(88)54(32)73-62(87)53-31-15-33(77)22-35(16-31)91-47-19-28(2-6-43(47)80)51(68)60(85)69-40(14-26)59(84)71-53/h1-8,13,15-24,27,40-41,51-57,77-83H,9-12,14,25,68H2,(H,69,85)(H,70,89)(H,71,84)(H,72,88)(H,73,87)(H,74,90)(H,75,86)/t40-,41?,51-,52-,53+,54-,55+,56+,57-/m1/s1. The van der Waals surface area contributed by atoms with Crippen molar-refractivity contribution >= 4 is 64.6 Å². The summed E-state index contributed by atoms with van der Waals surface area (Å²) in [5, 5.41) is 100. The van der Waals surface area contributed by atoms with Crippen molar-refractivity contribution in [3.05, 3.63) is 164 Å². The SMILES string of the molecule is N[C@H]1C(=O)N[C@@H]2Cc3ccc(c(Cl)c3)Oc3cc4cc(c3O)Oc3ccc(cc3Cl)[C@@H](O)[C@@H]3NC(=O)[C@H](NC(=O)[C@@H]4NC(=O)[C@@H](NC2=O)c2cc(O)cc(c2)Oc2cc1ccc2O)c1ccc(O)c(c1)-c1c(O)cc(O)cc1[C@@H](C(=O)NC1CN2CCC1CC2)NC3=O. The third-order valence-corrected chi connectivity index (χ3v) is 18.0. The molecule has 7 aromatic rings. The van der Waals surface area contributed by atoms with E-state index in [0.717, 1.165) is 68.4 Å². The van der Waals surface area contributed by atoms with Crippen LogP contribution in [0.1, 0.15) is 88.1 Å². The number of aliphatic hydroxyl groups is 1. The number of piperidine rings is 3. The summed E-state index contributed by atoms with van der Waals surface area (Å²) in [6.07, 6.45) is -0.873. The van der Waals surface area contributed by atoms with Crippen molar-refractivity contribution in [1.82, 2.24) is 42.1 Å². The van der Waals surface area contributed by atoms with Gasteiger partial charge in [-0.3, -0.25) is 33.6 Å². The fraction of sp³-hybridized carbons (Fsp3) is 0.246. The number of rotatable bonds is 2. The lowest BCUT2D eigenvalue weighted by Gasteiger charge is -2.45. The topological polar surface area (TPSA) is 402 Å². The van der Waals surface area contributed by atoms with Crippen LogP contribution in [0.15, 0.2) is 115 Å². The van der Waals surface area contributed by atoms with Gasteiger partial charge in [0.2, 0.25) is 47.1 Å². The van der Waals surface area contributed by atoms with E-state index in [1.54, 1.807) is 0 Å². The quantitative estimate of drug-likeness (QED) is 0.107. The molecule has 7 aromatic carbocycles. The monoisotopic (exact) mass is 1310 g/mol. The van der Waals surface area contributed by atoms with E-state index >= 15 is 19.2 Å². The zero-order valence-corrected chi connectivity index (χ0v) is 50.0. The molecule has 0 spiro atoms. The van der Waals surface area contributed by atoms with E-state index in [1.807, 2.05) is 0 Å². The molecule has 28 heteroatoms. The fourth-order valence-corrected chi connectivity index (χ4v) is 13.1. The van der Waals surface area contributed by atoms with E-state index < -0.39 is 142 Å². The number of nitrogens with one attached hydrogen (secondary N) is 7. The van der Waals surface area contributed by atoms with Crippen molar-refractivity contribution < 1.29 is 83.5 Å². The molecule has 0 saturated carbocycles. The van der Waals surface area contributed by atoms with Crippen LogP contribution in [-0.4, -0.2) is 120 Å². The van der Waals surface area contributed by atoms with Gasteiger partial charge in [0, 0.05) is 42.3 Å². The van der Waals surface area contributed by atoms with Crippen molar-refractivity contribution in [3.63, 3.8) is 0 Å². The van der Waals surface area contributed by atoms with Crippen LogP contribution in [0, 0.1) is 5.92 Å². The van der Waals surface area contributed by atoms with Crippen LogP contribution in [0.2, 0.25) is 10.0 Å². The molecule has 9 aliphatic heterocycles. The number of fused-ring (bicyclic) bond motifs is 17. The summed E-state index contributed by atoms with van der Waals surface area (Å²) >= 11 is 13.8. The molecular weight excluding hydrogens is 1250 g/mol. The van der Waals surface area contributed by atoms with Gasteiger partial charge in [0.05, 0.1) is 10.0 Å². The first-order valence-corrected chi connectivity index (χ1v) is 30.1. The van der Waals surface area contributed by atoms with Crippen LogP contribution < -0.4 is 57.2 Å². The van der Waals surface area contributed by atoms with Crippen molar-refractivity contribution in [2.45, 2.75) is 73.7 Å². The zero-order chi connectivity index (χ0) is 65.4. The Hall–Kier alpha value is -10.5. The number of nitrogens with zero attached hydrogens (tertiary/aromatic N) is 1. The van der Waals surface area contributed by atoms with E-state index in [4.69, 9.17) is 43.1 Å². The number of aromatic hydroxyl groups is 6. The molecule has 19 bridgehead atoms. The van der Waals surface area contributed by atoms with Crippen LogP contribution in [0.25, 0.3) is 11.1 Å². The van der Waals surface area contributed by atoms with Crippen molar-refractivity contribution in [3.8, 4) is 80.1 Å². The average Bonchev–Trinajstić information content (AvgIpc) is 0.790. The fourth-order valence-electron chi connectivity index (χ4n) is 12.6. The minimum atomic E-state index is -2.15. The number of benzene rings is 7. The highest BCUT2D eigenvalue weighted by Gasteiger charge is 2.43. The lowest BCUT2D eigenvalue weighted by atomic mass is 9.83. The maximum atomic E-state index is 15.9. The van der Waals surface area contributed by atoms with Crippen molar-refractivity contribution in [2.75, 3.05) is 19.6 Å². The predicted molar refractivity (Wildman–Crippen MR) is 328 cm³/mol. The number of hydrogen-bond acceptors (Lipinski definition) is 19. The van der Waals surface area contributed by atoms with Crippen LogP contribution in [-0.2, 0) is 40.0 Å². The van der Waals surface area contributed by atoms with Gasteiger partial charge >= 0.3 is 0 Å². The second kappa shape index (κ2) is 24.3. The van der Waals surface area contributed by atoms with Crippen LogP contribution in [0.4, 0.5) is 0 Å². The summed E-state index contributed by atoms with van der Waals surface area (Å²) in [5.74, 6) is -13.1. The molecule has 0 aromatic heterocycles. The normalized spacial score (nSPS) is 25.0. The zero-order valence-electron chi connectivity index (χ0n) is 48.5. The van der Waals surface area contributed by atoms with Gasteiger partial charge in [0.1, 0.15) is 88.6 Å². The smallest absolute Gasteiger partial charge is 0.248 e. The lowest BCUT2D eigenvalue weighted by molar-refractivity contribution is -0.137. The van der Waals surface area contributed by atoms with Gasteiger partial charge < -0.3 is 97.8 Å². The van der Waals surface area contributed by atoms with E-state index in [-0.39, 0.29) is 89.9 Å². The summed E-state index contributed by atoms with van der Waals surface area (Å²) in [4.78, 5) is 109. The first kappa shape index (κ1) is 61.4. The molecule has 9 aliphatic rings. The van der Waals surface area contributed by atoms with Crippen molar-refractivity contribution in [2.24, 2.45) is 11.7 Å². The summed E-state index contributed by atoms with van der Waals surface area (Å²) < 4.78 is 18.6. The summed E-state index contributed by atoms with van der Waals surface area (Å²) in [5.41, 5.74) is 5.18.